The highest BCUT2D eigenvalue weighted by molar-refractivity contribution is 5.99. The second kappa shape index (κ2) is 5.86. The number of esters is 1. The lowest BCUT2D eigenvalue weighted by atomic mass is 9.96. The van der Waals surface area contributed by atoms with Crippen molar-refractivity contribution in [3.05, 3.63) is 45.6 Å². The molecule has 0 saturated carbocycles. The lowest BCUT2D eigenvalue weighted by Crippen LogP contribution is -2.25. The van der Waals surface area contributed by atoms with Gasteiger partial charge in [0.2, 0.25) is 11.1 Å². The summed E-state index contributed by atoms with van der Waals surface area (Å²) in [6.07, 6.45) is 0. The maximum Gasteiger partial charge on any atom is 0.341 e. The molecule has 1 fully saturated rings. The molecule has 0 spiro atoms. The first-order chi connectivity index (χ1) is 12.1. The topological polar surface area (TPSA) is 105 Å². The summed E-state index contributed by atoms with van der Waals surface area (Å²) in [5, 5.41) is 0.644. The van der Waals surface area contributed by atoms with E-state index in [0.29, 0.717) is 30.1 Å². The third-order valence-corrected chi connectivity index (χ3v) is 4.32. The number of benzene rings is 1. The molecule has 0 atom stereocenters. The van der Waals surface area contributed by atoms with E-state index >= 15 is 0 Å². The number of anilines is 1. The van der Waals surface area contributed by atoms with Gasteiger partial charge in [-0.1, -0.05) is 6.07 Å². The van der Waals surface area contributed by atoms with Gasteiger partial charge in [-0.25, -0.2) is 4.79 Å². The number of nitrogen functional groups attached to an aromatic ring is 1. The molecule has 2 N–H and O–H groups in total. The average Bonchev–Trinajstić information content (AvgIpc) is 2.54. The van der Waals surface area contributed by atoms with E-state index in [-0.39, 0.29) is 34.5 Å². The number of carbonyl (C=O) groups is 1. The molecule has 3 aromatic rings. The first-order valence-corrected chi connectivity index (χ1v) is 8.00. The lowest BCUT2D eigenvalue weighted by molar-refractivity contribution is 0.00847. The van der Waals surface area contributed by atoms with Gasteiger partial charge in [0.15, 0.2) is 0 Å². The van der Waals surface area contributed by atoms with Crippen LogP contribution in [0.5, 0.6) is 0 Å². The van der Waals surface area contributed by atoms with Crippen molar-refractivity contribution in [2.45, 2.75) is 12.8 Å². The van der Waals surface area contributed by atoms with E-state index in [0.717, 1.165) is 5.56 Å². The smallest absolute Gasteiger partial charge is 0.341 e. The van der Waals surface area contributed by atoms with E-state index in [1.807, 2.05) is 12.1 Å². The molecule has 1 aliphatic heterocycles. The van der Waals surface area contributed by atoms with Crippen LogP contribution in [0.15, 0.2) is 33.5 Å². The fourth-order valence-corrected chi connectivity index (χ4v) is 2.87. The molecule has 1 aromatic carbocycles. The van der Waals surface area contributed by atoms with E-state index in [4.69, 9.17) is 19.6 Å². The molecule has 0 unspecified atom stereocenters. The van der Waals surface area contributed by atoms with Crippen LogP contribution in [0.25, 0.3) is 22.1 Å². The van der Waals surface area contributed by atoms with Gasteiger partial charge in [0.25, 0.3) is 0 Å². The van der Waals surface area contributed by atoms with Crippen molar-refractivity contribution >= 4 is 33.9 Å². The maximum absolute atomic E-state index is 12.9. The Morgan fingerprint density at radius 1 is 1.32 bits per heavy atom. The zero-order chi connectivity index (χ0) is 17.6. The monoisotopic (exact) mass is 340 g/mol. The van der Waals surface area contributed by atoms with Crippen LogP contribution in [-0.4, -0.2) is 30.8 Å². The van der Waals surface area contributed by atoms with Gasteiger partial charge in [0.05, 0.1) is 30.6 Å². The van der Waals surface area contributed by atoms with Crippen LogP contribution in [-0.2, 0) is 9.47 Å². The minimum absolute atomic E-state index is 0.0308. The van der Waals surface area contributed by atoms with Gasteiger partial charge >= 0.3 is 5.97 Å². The number of pyridine rings is 1. The molecular weight excluding hydrogens is 324 g/mol. The molecule has 0 amide bonds. The zero-order valence-corrected chi connectivity index (χ0v) is 13.6. The van der Waals surface area contributed by atoms with Gasteiger partial charge in [-0.15, -0.1) is 0 Å². The lowest BCUT2D eigenvalue weighted by Gasteiger charge is -2.26. The van der Waals surface area contributed by atoms with E-state index < -0.39 is 5.97 Å². The summed E-state index contributed by atoms with van der Waals surface area (Å²) in [6, 6.07) is 6.87. The fraction of sp³-hybridized carbons (Fsp3) is 0.278. The molecule has 0 aliphatic carbocycles. The number of hydrogen-bond donors (Lipinski definition) is 1. The summed E-state index contributed by atoms with van der Waals surface area (Å²) in [5.74, 6) is -0.356. The van der Waals surface area contributed by atoms with Crippen LogP contribution in [0.4, 0.5) is 5.82 Å². The SMILES string of the molecule is CCOC(=O)c1cc2c(=O)c3cc(C4COC4)ccc3oc2nc1N. The third kappa shape index (κ3) is 2.53. The number of nitrogens with two attached hydrogens (primary N) is 1. The Labute approximate surface area is 142 Å². The number of hydrogen-bond acceptors (Lipinski definition) is 7. The Morgan fingerprint density at radius 3 is 2.80 bits per heavy atom. The first kappa shape index (κ1) is 15.6. The number of nitrogens with zero attached hydrogens (tertiary/aromatic N) is 1. The number of aromatic nitrogens is 1. The molecule has 3 heterocycles. The largest absolute Gasteiger partial charge is 0.462 e. The number of carbonyl (C=O) groups excluding carboxylic acids is 1. The quantitative estimate of drug-likeness (QED) is 0.575. The van der Waals surface area contributed by atoms with Gasteiger partial charge in [-0.2, -0.15) is 4.98 Å². The fourth-order valence-electron chi connectivity index (χ4n) is 2.87. The van der Waals surface area contributed by atoms with Crippen LogP contribution in [0, 0.1) is 0 Å². The van der Waals surface area contributed by atoms with E-state index in [9.17, 15) is 9.59 Å². The minimum Gasteiger partial charge on any atom is -0.462 e. The van der Waals surface area contributed by atoms with Crippen LogP contribution in [0.2, 0.25) is 0 Å². The molecule has 1 aliphatic rings. The van der Waals surface area contributed by atoms with Crippen molar-refractivity contribution in [1.29, 1.82) is 0 Å². The summed E-state index contributed by atoms with van der Waals surface area (Å²) in [6.45, 7) is 3.19. The normalized spacial score (nSPS) is 14.6. The van der Waals surface area contributed by atoms with Crippen LogP contribution in [0.3, 0.4) is 0 Å². The van der Waals surface area contributed by atoms with Crippen molar-refractivity contribution in [3.63, 3.8) is 0 Å². The Hall–Kier alpha value is -2.93. The molecule has 7 heteroatoms. The van der Waals surface area contributed by atoms with E-state index in [1.54, 1.807) is 13.0 Å². The number of ether oxygens (including phenoxy) is 2. The second-order valence-electron chi connectivity index (χ2n) is 5.92. The molecule has 0 bridgehead atoms. The Kier molecular flexibility index (Phi) is 3.65. The molecule has 25 heavy (non-hydrogen) atoms. The van der Waals surface area contributed by atoms with Crippen molar-refractivity contribution in [3.8, 4) is 0 Å². The van der Waals surface area contributed by atoms with Crippen molar-refractivity contribution in [2.24, 2.45) is 0 Å². The minimum atomic E-state index is -0.616. The van der Waals surface area contributed by atoms with Crippen molar-refractivity contribution in [1.82, 2.24) is 4.98 Å². The summed E-state index contributed by atoms with van der Waals surface area (Å²) in [7, 11) is 0. The van der Waals surface area contributed by atoms with Crippen LogP contribution < -0.4 is 11.2 Å². The Balaban J connectivity index is 1.93. The average molecular weight is 340 g/mol. The highest BCUT2D eigenvalue weighted by atomic mass is 16.5. The van der Waals surface area contributed by atoms with Gasteiger partial charge in [-0.05, 0) is 30.7 Å². The highest BCUT2D eigenvalue weighted by Crippen LogP contribution is 2.28. The van der Waals surface area contributed by atoms with Crippen molar-refractivity contribution in [2.75, 3.05) is 25.6 Å². The molecule has 128 valence electrons. The van der Waals surface area contributed by atoms with Crippen LogP contribution >= 0.6 is 0 Å². The molecule has 1 saturated heterocycles. The summed E-state index contributed by atoms with van der Waals surface area (Å²) < 4.78 is 15.9. The van der Waals surface area contributed by atoms with Crippen LogP contribution in [0.1, 0.15) is 28.8 Å². The number of rotatable bonds is 3. The molecule has 7 nitrogen and oxygen atoms in total. The Morgan fingerprint density at radius 2 is 2.12 bits per heavy atom. The number of fused-ring (bicyclic) bond motifs is 2. The predicted molar refractivity (Wildman–Crippen MR) is 91.7 cm³/mol. The maximum atomic E-state index is 12.9. The van der Waals surface area contributed by atoms with Crippen molar-refractivity contribution < 1.29 is 18.7 Å². The summed E-state index contributed by atoms with van der Waals surface area (Å²) in [5.41, 5.74) is 7.18. The first-order valence-electron chi connectivity index (χ1n) is 8.00. The van der Waals surface area contributed by atoms with Gasteiger partial charge < -0.3 is 19.6 Å². The van der Waals surface area contributed by atoms with Gasteiger partial charge in [-0.3, -0.25) is 4.79 Å². The van der Waals surface area contributed by atoms with E-state index in [2.05, 4.69) is 4.98 Å². The molecule has 4 rings (SSSR count). The van der Waals surface area contributed by atoms with Gasteiger partial charge in [0, 0.05) is 5.92 Å². The Bertz CT molecular complexity index is 1050. The molecule has 2 aromatic heterocycles. The molecular formula is C18H16N2O5. The highest BCUT2D eigenvalue weighted by Gasteiger charge is 2.22. The van der Waals surface area contributed by atoms with Gasteiger partial charge in [0.1, 0.15) is 17.0 Å². The predicted octanol–water partition coefficient (Wildman–Crippen LogP) is 2.21. The van der Waals surface area contributed by atoms with E-state index in [1.165, 1.54) is 6.07 Å². The standard InChI is InChI=1S/C18H16N2O5/c1-2-24-18(22)13-6-12-15(21)11-5-9(10-7-23-8-10)3-4-14(11)25-17(12)20-16(13)19/h3-6,10H,2,7-8H2,1H3,(H2,19,20). The zero-order valence-electron chi connectivity index (χ0n) is 13.6. The summed E-state index contributed by atoms with van der Waals surface area (Å²) >= 11 is 0. The summed E-state index contributed by atoms with van der Waals surface area (Å²) in [4.78, 5) is 28.9. The second-order valence-corrected chi connectivity index (χ2v) is 5.92. The molecule has 0 radical (unpaired) electrons. The third-order valence-electron chi connectivity index (χ3n) is 4.32.